The van der Waals surface area contributed by atoms with E-state index in [1.807, 2.05) is 37.3 Å². The molecule has 3 heterocycles. The Balaban J connectivity index is 1.80. The zero-order chi connectivity index (χ0) is 15.3. The van der Waals surface area contributed by atoms with Gasteiger partial charge in [-0.1, -0.05) is 0 Å². The van der Waals surface area contributed by atoms with Crippen molar-refractivity contribution in [3.63, 3.8) is 0 Å². The van der Waals surface area contributed by atoms with Crippen molar-refractivity contribution in [3.05, 3.63) is 40.8 Å². The predicted octanol–water partition coefficient (Wildman–Crippen LogP) is 3.78. The number of benzene rings is 1. The SMILES string of the molecule is Cc1cc2c(s1)N=C1C(CCCN1c1ccc(N)cc1)C2=O. The summed E-state index contributed by atoms with van der Waals surface area (Å²) in [6.45, 7) is 2.92. The van der Waals surface area contributed by atoms with E-state index >= 15 is 0 Å². The van der Waals surface area contributed by atoms with Crippen LogP contribution < -0.4 is 10.6 Å². The molecule has 5 heteroatoms. The third-order valence-corrected chi connectivity index (χ3v) is 5.25. The number of amidine groups is 1. The number of piperidine rings is 1. The fraction of sp³-hybridized carbons (Fsp3) is 0.294. The van der Waals surface area contributed by atoms with Gasteiger partial charge in [0.1, 0.15) is 10.8 Å². The first kappa shape index (κ1) is 13.5. The van der Waals surface area contributed by atoms with Gasteiger partial charge >= 0.3 is 0 Å². The van der Waals surface area contributed by atoms with E-state index in [0.717, 1.165) is 52.0 Å². The summed E-state index contributed by atoms with van der Waals surface area (Å²) in [6.07, 6.45) is 1.88. The Bertz CT molecular complexity index is 776. The smallest absolute Gasteiger partial charge is 0.176 e. The van der Waals surface area contributed by atoms with Crippen LogP contribution in [0.3, 0.4) is 0 Å². The van der Waals surface area contributed by atoms with Crippen molar-refractivity contribution < 1.29 is 4.79 Å². The molecule has 0 radical (unpaired) electrons. The average Bonchev–Trinajstić information content (AvgIpc) is 2.89. The van der Waals surface area contributed by atoms with Crippen molar-refractivity contribution in [2.75, 3.05) is 17.2 Å². The van der Waals surface area contributed by atoms with Crippen LogP contribution in [0.4, 0.5) is 16.4 Å². The van der Waals surface area contributed by atoms with Gasteiger partial charge in [0.05, 0.1) is 11.5 Å². The number of hydrogen-bond donors (Lipinski definition) is 1. The monoisotopic (exact) mass is 311 g/mol. The molecule has 1 fully saturated rings. The Labute approximate surface area is 133 Å². The van der Waals surface area contributed by atoms with E-state index in [9.17, 15) is 4.79 Å². The molecule has 0 amide bonds. The molecular formula is C17H17N3OS. The van der Waals surface area contributed by atoms with E-state index in [1.165, 1.54) is 0 Å². The molecular weight excluding hydrogens is 294 g/mol. The second kappa shape index (κ2) is 4.95. The first-order chi connectivity index (χ1) is 10.6. The number of Topliss-reactive ketones (excluding diaryl/α,β-unsaturated/α-hetero) is 1. The molecule has 4 rings (SSSR count). The Morgan fingerprint density at radius 1 is 1.32 bits per heavy atom. The van der Waals surface area contributed by atoms with Crippen LogP contribution in [0.25, 0.3) is 0 Å². The first-order valence-corrected chi connectivity index (χ1v) is 8.31. The van der Waals surface area contributed by atoms with E-state index in [2.05, 4.69) is 4.90 Å². The van der Waals surface area contributed by atoms with Crippen LogP contribution in [-0.2, 0) is 0 Å². The van der Waals surface area contributed by atoms with Gasteiger partial charge in [-0.3, -0.25) is 4.79 Å². The van der Waals surface area contributed by atoms with Crippen molar-refractivity contribution in [1.29, 1.82) is 0 Å². The number of rotatable bonds is 1. The number of fused-ring (bicyclic) bond motifs is 2. The van der Waals surface area contributed by atoms with Gasteiger partial charge < -0.3 is 10.6 Å². The third kappa shape index (κ3) is 2.04. The number of hydrogen-bond acceptors (Lipinski definition) is 5. The Morgan fingerprint density at radius 3 is 2.86 bits per heavy atom. The van der Waals surface area contributed by atoms with Crippen LogP contribution in [0.15, 0.2) is 35.3 Å². The average molecular weight is 311 g/mol. The molecule has 1 unspecified atom stereocenters. The van der Waals surface area contributed by atoms with Crippen molar-refractivity contribution in [3.8, 4) is 0 Å². The largest absolute Gasteiger partial charge is 0.399 e. The van der Waals surface area contributed by atoms with Gasteiger partial charge in [0.25, 0.3) is 0 Å². The molecule has 2 aromatic rings. The molecule has 2 N–H and O–H groups in total. The molecule has 1 atom stereocenters. The number of aliphatic imine (C=N–C) groups is 1. The maximum absolute atomic E-state index is 12.8. The van der Waals surface area contributed by atoms with Crippen LogP contribution in [0, 0.1) is 12.8 Å². The number of thiophene rings is 1. The standard InChI is InChI=1S/C17H17N3OS/c1-10-9-14-15(21)13-3-2-8-20(16(13)19-17(14)22-10)12-6-4-11(18)5-7-12/h4-7,9,13H,2-3,8,18H2,1H3. The van der Waals surface area contributed by atoms with Crippen LogP contribution in [0.5, 0.6) is 0 Å². The minimum absolute atomic E-state index is 0.104. The highest BCUT2D eigenvalue weighted by Gasteiger charge is 2.38. The molecule has 2 aliphatic rings. The number of anilines is 2. The van der Waals surface area contributed by atoms with E-state index < -0.39 is 0 Å². The lowest BCUT2D eigenvalue weighted by molar-refractivity contribution is 0.0944. The van der Waals surface area contributed by atoms with Crippen LogP contribution in [-0.4, -0.2) is 18.2 Å². The minimum atomic E-state index is -0.104. The lowest BCUT2D eigenvalue weighted by Gasteiger charge is -2.36. The normalized spacial score (nSPS) is 20.4. The van der Waals surface area contributed by atoms with Gasteiger partial charge in [0.15, 0.2) is 5.78 Å². The fourth-order valence-electron chi connectivity index (χ4n) is 3.24. The molecule has 112 valence electrons. The zero-order valence-corrected chi connectivity index (χ0v) is 13.2. The number of nitrogens with zero attached hydrogens (tertiary/aromatic N) is 2. The topological polar surface area (TPSA) is 58.7 Å². The van der Waals surface area contributed by atoms with Gasteiger partial charge in [-0.15, -0.1) is 11.3 Å². The maximum atomic E-state index is 12.8. The van der Waals surface area contributed by atoms with E-state index in [0.29, 0.717) is 0 Å². The predicted molar refractivity (Wildman–Crippen MR) is 91.4 cm³/mol. The van der Waals surface area contributed by atoms with Gasteiger partial charge in [-0.25, -0.2) is 4.99 Å². The second-order valence-electron chi connectivity index (χ2n) is 5.85. The van der Waals surface area contributed by atoms with Gasteiger partial charge in [0.2, 0.25) is 0 Å². The lowest BCUT2D eigenvalue weighted by Crippen LogP contribution is -2.45. The summed E-state index contributed by atoms with van der Waals surface area (Å²) in [6, 6.07) is 9.76. The minimum Gasteiger partial charge on any atom is -0.399 e. The zero-order valence-electron chi connectivity index (χ0n) is 12.4. The van der Waals surface area contributed by atoms with Crippen molar-refractivity contribution in [1.82, 2.24) is 0 Å². The summed E-state index contributed by atoms with van der Waals surface area (Å²) in [5.74, 6) is 1.02. The second-order valence-corrected chi connectivity index (χ2v) is 7.08. The van der Waals surface area contributed by atoms with Crippen molar-refractivity contribution in [2.45, 2.75) is 19.8 Å². The van der Waals surface area contributed by atoms with E-state index in [4.69, 9.17) is 10.7 Å². The number of carbonyl (C=O) groups excluding carboxylic acids is 1. The molecule has 1 aromatic carbocycles. The Kier molecular flexibility index (Phi) is 3.04. The molecule has 0 saturated carbocycles. The summed E-state index contributed by atoms with van der Waals surface area (Å²) in [5, 5.41) is 0.857. The fourth-order valence-corrected chi connectivity index (χ4v) is 4.13. The Morgan fingerprint density at radius 2 is 2.09 bits per heavy atom. The molecule has 4 nitrogen and oxygen atoms in total. The van der Waals surface area contributed by atoms with Crippen LogP contribution >= 0.6 is 11.3 Å². The maximum Gasteiger partial charge on any atom is 0.176 e. The highest BCUT2D eigenvalue weighted by atomic mass is 32.1. The highest BCUT2D eigenvalue weighted by Crippen LogP contribution is 2.40. The molecule has 1 saturated heterocycles. The quantitative estimate of drug-likeness (QED) is 0.815. The number of nitrogens with two attached hydrogens (primary N) is 1. The molecule has 22 heavy (non-hydrogen) atoms. The van der Waals surface area contributed by atoms with Gasteiger partial charge in [-0.2, -0.15) is 0 Å². The molecule has 2 aliphatic heterocycles. The molecule has 0 aliphatic carbocycles. The number of nitrogen functional groups attached to an aromatic ring is 1. The summed E-state index contributed by atoms with van der Waals surface area (Å²) in [7, 11) is 0. The van der Waals surface area contributed by atoms with Crippen LogP contribution in [0.2, 0.25) is 0 Å². The van der Waals surface area contributed by atoms with Crippen molar-refractivity contribution >= 4 is 39.3 Å². The summed E-state index contributed by atoms with van der Waals surface area (Å²) in [5.41, 5.74) is 8.38. The Hall–Kier alpha value is -2.14. The number of carbonyl (C=O) groups is 1. The van der Waals surface area contributed by atoms with Gasteiger partial charge in [-0.05, 0) is 50.1 Å². The molecule has 0 spiro atoms. The summed E-state index contributed by atoms with van der Waals surface area (Å²) >= 11 is 1.59. The summed E-state index contributed by atoms with van der Waals surface area (Å²) < 4.78 is 0. The van der Waals surface area contributed by atoms with Crippen molar-refractivity contribution in [2.24, 2.45) is 10.9 Å². The number of ketones is 1. The lowest BCUT2D eigenvalue weighted by atomic mass is 9.87. The van der Waals surface area contributed by atoms with Crippen LogP contribution in [0.1, 0.15) is 28.1 Å². The molecule has 1 aromatic heterocycles. The first-order valence-electron chi connectivity index (χ1n) is 7.50. The van der Waals surface area contributed by atoms with E-state index in [1.54, 1.807) is 11.3 Å². The number of aryl methyl sites for hydroxylation is 1. The highest BCUT2D eigenvalue weighted by molar-refractivity contribution is 7.16. The third-order valence-electron chi connectivity index (χ3n) is 4.30. The summed E-state index contributed by atoms with van der Waals surface area (Å²) in [4.78, 5) is 20.9. The van der Waals surface area contributed by atoms with E-state index in [-0.39, 0.29) is 11.7 Å². The van der Waals surface area contributed by atoms with Gasteiger partial charge in [0, 0.05) is 22.8 Å². The molecule has 0 bridgehead atoms.